The second-order valence-corrected chi connectivity index (χ2v) is 6.53. The van der Waals surface area contributed by atoms with Crippen molar-refractivity contribution in [3.8, 4) is 11.5 Å². The van der Waals surface area contributed by atoms with Gasteiger partial charge in [0.05, 0.1) is 23.7 Å². The Morgan fingerprint density at radius 3 is 2.74 bits per heavy atom. The Hall–Kier alpha value is -4.14. The van der Waals surface area contributed by atoms with Gasteiger partial charge in [0.1, 0.15) is 0 Å². The number of allylic oxidation sites excluding steroid dienone is 1. The first-order valence-corrected chi connectivity index (χ1v) is 9.54. The molecule has 0 saturated heterocycles. The number of nitrogens with zero attached hydrogens (tertiary/aromatic N) is 2. The fourth-order valence-corrected chi connectivity index (χ4v) is 3.02. The van der Waals surface area contributed by atoms with Gasteiger partial charge in [-0.25, -0.2) is 4.79 Å². The Labute approximate surface area is 177 Å². The number of hydrogen-bond acceptors (Lipinski definition) is 6. The highest BCUT2D eigenvalue weighted by Gasteiger charge is 2.14. The summed E-state index contributed by atoms with van der Waals surface area (Å²) in [6, 6.07) is 10.1. The van der Waals surface area contributed by atoms with Crippen LogP contribution in [0.5, 0.6) is 11.5 Å². The summed E-state index contributed by atoms with van der Waals surface area (Å²) in [5, 5.41) is 4.42. The number of carbonyl (C=O) groups is 1. The van der Waals surface area contributed by atoms with Gasteiger partial charge in [0.2, 0.25) is 0 Å². The van der Waals surface area contributed by atoms with Crippen LogP contribution < -0.4 is 26.5 Å². The Kier molecular flexibility index (Phi) is 6.66. The van der Waals surface area contributed by atoms with Crippen LogP contribution in [0.4, 0.5) is 0 Å². The van der Waals surface area contributed by atoms with E-state index in [1.807, 2.05) is 0 Å². The summed E-state index contributed by atoms with van der Waals surface area (Å²) in [6.07, 6.45) is 3.46. The van der Waals surface area contributed by atoms with E-state index in [4.69, 9.17) is 15.2 Å². The van der Waals surface area contributed by atoms with Gasteiger partial charge in [-0.2, -0.15) is 5.10 Å². The number of nitrogens with two attached hydrogens (primary N) is 1. The molecule has 0 aliphatic rings. The molecule has 0 aliphatic heterocycles. The van der Waals surface area contributed by atoms with Crippen molar-refractivity contribution in [2.45, 2.75) is 13.3 Å². The standard InChI is InChI=1S/C22H22N4O5/c1-3-7-15-10-14(11-18(30-4-2)20(15)31-13-19(23)27)12-24-26-21(28)16-8-5-6-9-17(16)25-22(26)29/h3,5-6,8-12H,1,4,7,13H2,2H3,(H2,23,27)(H,25,29). The monoisotopic (exact) mass is 422 g/mol. The maximum atomic E-state index is 12.6. The number of para-hydroxylation sites is 1. The first kappa shape index (κ1) is 21.6. The molecule has 9 heteroatoms. The van der Waals surface area contributed by atoms with Crippen LogP contribution in [0.1, 0.15) is 18.1 Å². The number of H-pyrrole nitrogens is 1. The molecule has 3 aromatic rings. The zero-order valence-corrected chi connectivity index (χ0v) is 17.0. The van der Waals surface area contributed by atoms with Crippen LogP contribution in [0.3, 0.4) is 0 Å². The first-order valence-electron chi connectivity index (χ1n) is 9.54. The van der Waals surface area contributed by atoms with Crippen molar-refractivity contribution in [2.75, 3.05) is 13.2 Å². The maximum Gasteiger partial charge on any atom is 0.349 e. The molecule has 0 aliphatic carbocycles. The summed E-state index contributed by atoms with van der Waals surface area (Å²) < 4.78 is 11.9. The normalized spacial score (nSPS) is 11.0. The van der Waals surface area contributed by atoms with Crippen molar-refractivity contribution in [1.29, 1.82) is 0 Å². The fraction of sp³-hybridized carbons (Fsp3) is 0.182. The second kappa shape index (κ2) is 9.57. The van der Waals surface area contributed by atoms with Crippen molar-refractivity contribution in [1.82, 2.24) is 9.66 Å². The predicted molar refractivity (Wildman–Crippen MR) is 118 cm³/mol. The van der Waals surface area contributed by atoms with Gasteiger partial charge in [0, 0.05) is 5.56 Å². The van der Waals surface area contributed by atoms with Crippen LogP contribution in [-0.4, -0.2) is 35.0 Å². The van der Waals surface area contributed by atoms with Crippen LogP contribution in [0.2, 0.25) is 0 Å². The van der Waals surface area contributed by atoms with E-state index in [2.05, 4.69) is 16.7 Å². The average Bonchev–Trinajstić information content (AvgIpc) is 2.73. The van der Waals surface area contributed by atoms with Gasteiger partial charge in [-0.05, 0) is 43.2 Å². The minimum absolute atomic E-state index is 0.306. The molecular formula is C22H22N4O5. The number of rotatable bonds is 9. The topological polar surface area (TPSA) is 129 Å². The second-order valence-electron chi connectivity index (χ2n) is 6.53. The minimum atomic E-state index is -0.655. The number of ether oxygens (including phenoxy) is 2. The lowest BCUT2D eigenvalue weighted by Crippen LogP contribution is -2.32. The van der Waals surface area contributed by atoms with E-state index in [1.54, 1.807) is 49.4 Å². The highest BCUT2D eigenvalue weighted by atomic mass is 16.5. The number of primary amides is 1. The Morgan fingerprint density at radius 1 is 1.26 bits per heavy atom. The van der Waals surface area contributed by atoms with E-state index in [0.29, 0.717) is 46.6 Å². The van der Waals surface area contributed by atoms with Gasteiger partial charge < -0.3 is 20.2 Å². The third kappa shape index (κ3) is 4.89. The number of fused-ring (bicyclic) bond motifs is 1. The molecule has 1 aromatic heterocycles. The lowest BCUT2D eigenvalue weighted by molar-refractivity contribution is -0.119. The molecule has 3 rings (SSSR count). The number of aromatic nitrogens is 2. The van der Waals surface area contributed by atoms with Crippen LogP contribution in [-0.2, 0) is 11.2 Å². The zero-order chi connectivity index (χ0) is 22.4. The molecule has 0 saturated carbocycles. The quantitative estimate of drug-likeness (QED) is 0.399. The van der Waals surface area contributed by atoms with E-state index in [0.717, 1.165) is 4.68 Å². The molecular weight excluding hydrogens is 400 g/mol. The van der Waals surface area contributed by atoms with Crippen molar-refractivity contribution >= 4 is 23.0 Å². The molecule has 0 spiro atoms. The minimum Gasteiger partial charge on any atom is -0.490 e. The van der Waals surface area contributed by atoms with Crippen molar-refractivity contribution < 1.29 is 14.3 Å². The van der Waals surface area contributed by atoms with E-state index in [9.17, 15) is 14.4 Å². The molecule has 1 heterocycles. The third-order valence-corrected chi connectivity index (χ3v) is 4.28. The highest BCUT2D eigenvalue weighted by Crippen LogP contribution is 2.33. The number of carbonyl (C=O) groups excluding carboxylic acids is 1. The molecule has 1 amide bonds. The SMILES string of the molecule is C=CCc1cc(C=Nn2c(=O)[nH]c3ccccc3c2=O)cc(OCC)c1OCC(N)=O. The van der Waals surface area contributed by atoms with Gasteiger partial charge in [0.15, 0.2) is 18.1 Å². The summed E-state index contributed by atoms with van der Waals surface area (Å²) in [4.78, 5) is 38.7. The summed E-state index contributed by atoms with van der Waals surface area (Å²) in [5.41, 5.74) is 5.68. The number of aromatic amines is 1. The average molecular weight is 422 g/mol. The molecule has 3 N–H and O–H groups in total. The zero-order valence-electron chi connectivity index (χ0n) is 17.0. The van der Waals surface area contributed by atoms with Gasteiger partial charge in [-0.1, -0.05) is 18.2 Å². The van der Waals surface area contributed by atoms with E-state index in [-0.39, 0.29) is 6.61 Å². The van der Waals surface area contributed by atoms with Crippen molar-refractivity contribution in [3.05, 3.63) is 81.0 Å². The fourth-order valence-electron chi connectivity index (χ4n) is 3.02. The van der Waals surface area contributed by atoms with E-state index >= 15 is 0 Å². The molecule has 160 valence electrons. The lowest BCUT2D eigenvalue weighted by Gasteiger charge is -2.15. The number of hydrogen-bond donors (Lipinski definition) is 2. The highest BCUT2D eigenvalue weighted by molar-refractivity contribution is 5.82. The number of benzene rings is 2. The summed E-state index contributed by atoms with van der Waals surface area (Å²) in [6.45, 7) is 5.58. The summed E-state index contributed by atoms with van der Waals surface area (Å²) in [7, 11) is 0. The van der Waals surface area contributed by atoms with Crippen LogP contribution in [0.25, 0.3) is 10.9 Å². The largest absolute Gasteiger partial charge is 0.490 e. The van der Waals surface area contributed by atoms with Gasteiger partial charge >= 0.3 is 5.69 Å². The molecule has 31 heavy (non-hydrogen) atoms. The van der Waals surface area contributed by atoms with Crippen LogP contribution in [0, 0.1) is 0 Å². The van der Waals surface area contributed by atoms with Gasteiger partial charge in [-0.3, -0.25) is 9.59 Å². The van der Waals surface area contributed by atoms with Crippen LogP contribution in [0.15, 0.2) is 63.7 Å². The number of nitrogens with one attached hydrogen (secondary N) is 1. The first-order chi connectivity index (χ1) is 14.9. The maximum absolute atomic E-state index is 12.6. The predicted octanol–water partition coefficient (Wildman–Crippen LogP) is 1.56. The summed E-state index contributed by atoms with van der Waals surface area (Å²) >= 11 is 0. The Bertz CT molecular complexity index is 1270. The number of amides is 1. The Morgan fingerprint density at radius 2 is 2.03 bits per heavy atom. The van der Waals surface area contributed by atoms with E-state index in [1.165, 1.54) is 6.21 Å². The molecule has 0 bridgehead atoms. The molecule has 0 unspecified atom stereocenters. The molecule has 0 radical (unpaired) electrons. The molecule has 2 aromatic carbocycles. The van der Waals surface area contributed by atoms with Crippen molar-refractivity contribution in [2.24, 2.45) is 10.8 Å². The van der Waals surface area contributed by atoms with Crippen LogP contribution >= 0.6 is 0 Å². The molecule has 0 fully saturated rings. The smallest absolute Gasteiger partial charge is 0.349 e. The summed E-state index contributed by atoms with van der Waals surface area (Å²) in [5.74, 6) is 0.135. The molecule has 0 atom stereocenters. The Balaban J connectivity index is 2.07. The van der Waals surface area contributed by atoms with Gasteiger partial charge in [0.25, 0.3) is 11.5 Å². The molecule has 9 nitrogen and oxygen atoms in total. The van der Waals surface area contributed by atoms with Crippen molar-refractivity contribution in [3.63, 3.8) is 0 Å². The lowest BCUT2D eigenvalue weighted by atomic mass is 10.1. The van der Waals surface area contributed by atoms with Gasteiger partial charge in [-0.15, -0.1) is 11.3 Å². The van der Waals surface area contributed by atoms with E-state index < -0.39 is 17.2 Å². The third-order valence-electron chi connectivity index (χ3n) is 4.28.